The fourth-order valence-corrected chi connectivity index (χ4v) is 2.43. The van der Waals surface area contributed by atoms with Crippen molar-refractivity contribution in [3.05, 3.63) is 29.8 Å². The lowest BCUT2D eigenvalue weighted by Gasteiger charge is -2.36. The first-order valence-electron chi connectivity index (χ1n) is 6.68. The molecule has 116 valence electrons. The van der Waals surface area contributed by atoms with Gasteiger partial charge >= 0.3 is 12.1 Å². The van der Waals surface area contributed by atoms with Crippen molar-refractivity contribution >= 4 is 5.97 Å². The van der Waals surface area contributed by atoms with Gasteiger partial charge in [-0.2, -0.15) is 13.2 Å². The second-order valence-electron chi connectivity index (χ2n) is 4.89. The van der Waals surface area contributed by atoms with Gasteiger partial charge in [-0.3, -0.25) is 9.69 Å². The van der Waals surface area contributed by atoms with Crippen LogP contribution in [-0.2, 0) is 4.79 Å². The molecular formula is C14H17F3N2O2. The van der Waals surface area contributed by atoms with Gasteiger partial charge in [-0.15, -0.1) is 0 Å². The first-order chi connectivity index (χ1) is 9.88. The summed E-state index contributed by atoms with van der Waals surface area (Å²) in [6, 6.07) is 3.86. The van der Waals surface area contributed by atoms with Gasteiger partial charge in [0.1, 0.15) is 11.8 Å². The average Bonchev–Trinajstić information content (AvgIpc) is 2.40. The average molecular weight is 302 g/mol. The van der Waals surface area contributed by atoms with Crippen LogP contribution in [0.15, 0.2) is 24.3 Å². The van der Waals surface area contributed by atoms with Crippen LogP contribution in [0.4, 0.5) is 13.2 Å². The Hall–Kier alpha value is -1.60. The maximum absolute atomic E-state index is 13.4. The van der Waals surface area contributed by atoms with Crippen LogP contribution in [0.2, 0.25) is 0 Å². The molecule has 0 saturated carbocycles. The molecule has 1 aromatic carbocycles. The number of benzene rings is 1. The predicted octanol–water partition coefficient (Wildman–Crippen LogP) is 2.12. The maximum Gasteiger partial charge on any atom is 0.408 e. The summed E-state index contributed by atoms with van der Waals surface area (Å²) in [5, 5.41) is 3.04. The number of esters is 1. The Morgan fingerprint density at radius 3 is 2.29 bits per heavy atom. The quantitative estimate of drug-likeness (QED) is 0.686. The number of nitrogens with one attached hydrogen (secondary N) is 1. The third-order valence-corrected chi connectivity index (χ3v) is 3.28. The highest BCUT2D eigenvalue weighted by Crippen LogP contribution is 2.38. The van der Waals surface area contributed by atoms with E-state index < -0.39 is 18.2 Å². The summed E-state index contributed by atoms with van der Waals surface area (Å²) in [6.45, 7) is 3.01. The largest absolute Gasteiger partial charge is 0.427 e. The van der Waals surface area contributed by atoms with E-state index in [2.05, 4.69) is 5.32 Å². The molecule has 2 rings (SSSR count). The molecule has 0 radical (unpaired) electrons. The van der Waals surface area contributed by atoms with Crippen LogP contribution < -0.4 is 10.1 Å². The first-order valence-corrected chi connectivity index (χ1v) is 6.68. The molecule has 0 bridgehead atoms. The number of halogens is 3. The van der Waals surface area contributed by atoms with E-state index in [1.807, 2.05) is 0 Å². The van der Waals surface area contributed by atoms with E-state index in [1.54, 1.807) is 0 Å². The Kier molecular flexibility index (Phi) is 4.84. The SMILES string of the molecule is CC(=O)Oc1ccc([C@@H](N2CCNCC2)C(F)(F)F)cc1. The van der Waals surface area contributed by atoms with E-state index in [1.165, 1.54) is 36.1 Å². The van der Waals surface area contributed by atoms with Gasteiger partial charge < -0.3 is 10.1 Å². The summed E-state index contributed by atoms with van der Waals surface area (Å²) in [6.07, 6.45) is -4.35. The minimum absolute atomic E-state index is 0.153. The lowest BCUT2D eigenvalue weighted by atomic mass is 10.0. The van der Waals surface area contributed by atoms with Gasteiger partial charge in [-0.25, -0.2) is 0 Å². The van der Waals surface area contributed by atoms with Crippen LogP contribution in [0, 0.1) is 0 Å². The number of carbonyl (C=O) groups excluding carboxylic acids is 1. The standard InChI is InChI=1S/C14H17F3N2O2/c1-10(20)21-12-4-2-11(3-5-12)13(14(15,16)17)19-8-6-18-7-9-19/h2-5,13,18H,6-9H2,1H3/t13-/m1/s1. The Bertz CT molecular complexity index is 482. The number of hydrogen-bond acceptors (Lipinski definition) is 4. The summed E-state index contributed by atoms with van der Waals surface area (Å²) in [7, 11) is 0. The van der Waals surface area contributed by atoms with Crippen molar-refractivity contribution in [3.8, 4) is 5.75 Å². The van der Waals surface area contributed by atoms with E-state index >= 15 is 0 Å². The lowest BCUT2D eigenvalue weighted by molar-refractivity contribution is -0.187. The van der Waals surface area contributed by atoms with Gasteiger partial charge in [0, 0.05) is 33.1 Å². The Balaban J connectivity index is 2.22. The molecule has 1 aliphatic rings. The monoisotopic (exact) mass is 302 g/mol. The summed E-state index contributed by atoms with van der Waals surface area (Å²) >= 11 is 0. The summed E-state index contributed by atoms with van der Waals surface area (Å²) in [5.74, 6) is -0.260. The number of ether oxygens (including phenoxy) is 1. The van der Waals surface area contributed by atoms with Crippen molar-refractivity contribution in [2.45, 2.75) is 19.1 Å². The fourth-order valence-electron chi connectivity index (χ4n) is 2.43. The van der Waals surface area contributed by atoms with Gasteiger partial charge in [-0.1, -0.05) is 12.1 Å². The molecule has 1 N–H and O–H groups in total. The number of alkyl halides is 3. The minimum Gasteiger partial charge on any atom is -0.427 e. The topological polar surface area (TPSA) is 41.6 Å². The molecule has 0 spiro atoms. The van der Waals surface area contributed by atoms with Crippen molar-refractivity contribution in [1.29, 1.82) is 0 Å². The van der Waals surface area contributed by atoms with Crippen molar-refractivity contribution in [3.63, 3.8) is 0 Å². The zero-order valence-electron chi connectivity index (χ0n) is 11.6. The van der Waals surface area contributed by atoms with E-state index in [-0.39, 0.29) is 11.3 Å². The van der Waals surface area contributed by atoms with E-state index in [9.17, 15) is 18.0 Å². The van der Waals surface area contributed by atoms with Crippen LogP contribution in [0.1, 0.15) is 18.5 Å². The fraction of sp³-hybridized carbons (Fsp3) is 0.500. The summed E-state index contributed by atoms with van der Waals surface area (Å²) in [5.41, 5.74) is 0.153. The van der Waals surface area contributed by atoms with Gasteiger partial charge in [0.25, 0.3) is 0 Å². The number of hydrogen-bond donors (Lipinski definition) is 1. The number of piperazine rings is 1. The highest BCUT2D eigenvalue weighted by atomic mass is 19.4. The first kappa shape index (κ1) is 15.8. The molecule has 0 aliphatic carbocycles. The molecule has 1 aliphatic heterocycles. The van der Waals surface area contributed by atoms with Crippen molar-refractivity contribution in [1.82, 2.24) is 10.2 Å². The van der Waals surface area contributed by atoms with Crippen molar-refractivity contribution < 1.29 is 22.7 Å². The van der Waals surface area contributed by atoms with Crippen LogP contribution >= 0.6 is 0 Å². The van der Waals surface area contributed by atoms with Gasteiger partial charge in [0.2, 0.25) is 0 Å². The molecule has 1 heterocycles. The van der Waals surface area contributed by atoms with E-state index in [0.717, 1.165) is 0 Å². The second-order valence-corrected chi connectivity index (χ2v) is 4.89. The zero-order chi connectivity index (χ0) is 15.5. The molecule has 1 saturated heterocycles. The van der Waals surface area contributed by atoms with Gasteiger partial charge in [0.05, 0.1) is 0 Å². The lowest BCUT2D eigenvalue weighted by Crippen LogP contribution is -2.49. The molecule has 1 aromatic rings. The minimum atomic E-state index is -4.35. The molecule has 21 heavy (non-hydrogen) atoms. The normalized spacial score (nSPS) is 18.3. The molecular weight excluding hydrogens is 285 g/mol. The van der Waals surface area contributed by atoms with Crippen LogP contribution in [-0.4, -0.2) is 43.2 Å². The highest BCUT2D eigenvalue weighted by molar-refractivity contribution is 5.69. The van der Waals surface area contributed by atoms with Crippen LogP contribution in [0.25, 0.3) is 0 Å². The van der Waals surface area contributed by atoms with Crippen LogP contribution in [0.3, 0.4) is 0 Å². The molecule has 1 atom stereocenters. The Morgan fingerprint density at radius 1 is 1.24 bits per heavy atom. The van der Waals surface area contributed by atoms with Crippen molar-refractivity contribution in [2.75, 3.05) is 26.2 Å². The molecule has 4 nitrogen and oxygen atoms in total. The molecule has 1 fully saturated rings. The van der Waals surface area contributed by atoms with E-state index in [0.29, 0.717) is 26.2 Å². The smallest absolute Gasteiger partial charge is 0.408 e. The Morgan fingerprint density at radius 2 is 1.81 bits per heavy atom. The number of rotatable bonds is 3. The molecule has 0 unspecified atom stereocenters. The Labute approximate surface area is 120 Å². The van der Waals surface area contributed by atoms with Crippen LogP contribution in [0.5, 0.6) is 5.75 Å². The predicted molar refractivity (Wildman–Crippen MR) is 71.0 cm³/mol. The maximum atomic E-state index is 13.4. The third kappa shape index (κ3) is 4.18. The third-order valence-electron chi connectivity index (χ3n) is 3.28. The number of nitrogens with zero attached hydrogens (tertiary/aromatic N) is 1. The zero-order valence-corrected chi connectivity index (χ0v) is 11.6. The second kappa shape index (κ2) is 6.44. The summed E-state index contributed by atoms with van der Waals surface area (Å²) < 4.78 is 44.9. The van der Waals surface area contributed by atoms with Gasteiger partial charge in [0.15, 0.2) is 0 Å². The molecule has 7 heteroatoms. The molecule has 0 amide bonds. The van der Waals surface area contributed by atoms with Crippen molar-refractivity contribution in [2.24, 2.45) is 0 Å². The van der Waals surface area contributed by atoms with Gasteiger partial charge in [-0.05, 0) is 17.7 Å². The highest BCUT2D eigenvalue weighted by Gasteiger charge is 2.44. The summed E-state index contributed by atoms with van der Waals surface area (Å²) in [4.78, 5) is 12.2. The number of carbonyl (C=O) groups is 1. The molecule has 0 aromatic heterocycles. The van der Waals surface area contributed by atoms with E-state index in [4.69, 9.17) is 4.74 Å².